The van der Waals surface area contributed by atoms with Crippen LogP contribution >= 0.6 is 0 Å². The number of rotatable bonds is 1. The summed E-state index contributed by atoms with van der Waals surface area (Å²) in [6.45, 7) is 5.11. The molecule has 0 aliphatic carbocycles. The van der Waals surface area contributed by atoms with Crippen LogP contribution in [0.4, 0.5) is 0 Å². The van der Waals surface area contributed by atoms with E-state index in [9.17, 15) is 0 Å². The summed E-state index contributed by atoms with van der Waals surface area (Å²) in [4.78, 5) is 3.35. The monoisotopic (exact) mass is 82.1 g/mol. The molecule has 0 aromatic heterocycles. The molecule has 1 N–H and O–H groups in total. The van der Waals surface area contributed by atoms with E-state index in [1.165, 1.54) is 0 Å². The maximum atomic E-state index is 6.26. The quantitative estimate of drug-likeness (QED) is 0.462. The minimum Gasteiger partial charge on any atom is -0.241 e. The van der Waals surface area contributed by atoms with Gasteiger partial charge in [0.15, 0.2) is 0 Å². The van der Waals surface area contributed by atoms with Gasteiger partial charge in [-0.15, -0.1) is 0 Å². The van der Waals surface area contributed by atoms with Crippen LogP contribution in [0.15, 0.2) is 17.3 Å². The molecule has 2 nitrogen and oxygen atoms in total. The predicted molar refractivity (Wildman–Crippen MR) is 25.0 cm³/mol. The Hall–Kier alpha value is -0.880. The van der Waals surface area contributed by atoms with Crippen LogP contribution in [0.1, 0.15) is 6.92 Å². The van der Waals surface area contributed by atoms with Gasteiger partial charge >= 0.3 is 0 Å². The first kappa shape index (κ1) is 5.12. The molecule has 0 aromatic rings. The third-order valence-corrected chi connectivity index (χ3v) is 0.247. The maximum absolute atomic E-state index is 6.26. The van der Waals surface area contributed by atoms with E-state index in [4.69, 9.17) is 5.41 Å². The predicted octanol–water partition coefficient (Wildman–Crippen LogP) is 1.27. The zero-order valence-corrected chi connectivity index (χ0v) is 3.65. The average molecular weight is 82.1 g/mol. The van der Waals surface area contributed by atoms with Crippen molar-refractivity contribution in [3.05, 3.63) is 12.3 Å². The van der Waals surface area contributed by atoms with Crippen LogP contribution in [0.3, 0.4) is 0 Å². The fourth-order valence-electron chi connectivity index (χ4n) is 0.0954. The van der Waals surface area contributed by atoms with Gasteiger partial charge in [-0.2, -0.15) is 4.99 Å². The van der Waals surface area contributed by atoms with E-state index in [-0.39, 0.29) is 0 Å². The lowest BCUT2D eigenvalue weighted by Crippen LogP contribution is -1.55. The standard InChI is InChI=1S/C4H6N2/c1-4(2)6-3-5/h5H,1H2,2H3. The number of nitrogens with zero attached hydrogens (tertiary/aromatic N) is 1. The summed E-state index contributed by atoms with van der Waals surface area (Å²) < 4.78 is 0. The lowest BCUT2D eigenvalue weighted by Gasteiger charge is -1.71. The van der Waals surface area contributed by atoms with Gasteiger partial charge in [-0.1, -0.05) is 6.58 Å². The normalized spacial score (nSPS) is 6.17. The Balaban J connectivity index is 3.60. The summed E-state index contributed by atoms with van der Waals surface area (Å²) in [6.07, 6.45) is 0. The van der Waals surface area contributed by atoms with Crippen molar-refractivity contribution in [3.8, 4) is 0 Å². The Labute approximate surface area is 36.7 Å². The van der Waals surface area contributed by atoms with Gasteiger partial charge in [-0.3, -0.25) is 0 Å². The zero-order chi connectivity index (χ0) is 4.99. The third kappa shape index (κ3) is 3.12. The van der Waals surface area contributed by atoms with E-state index in [2.05, 4.69) is 11.6 Å². The fraction of sp³-hybridized carbons (Fsp3) is 0.250. The summed E-state index contributed by atoms with van der Waals surface area (Å²) in [6, 6.07) is 1.84. The van der Waals surface area contributed by atoms with E-state index < -0.39 is 0 Å². The van der Waals surface area contributed by atoms with Crippen molar-refractivity contribution in [2.75, 3.05) is 0 Å². The largest absolute Gasteiger partial charge is 0.241 e. The van der Waals surface area contributed by atoms with Gasteiger partial charge in [-0.05, 0) is 6.92 Å². The van der Waals surface area contributed by atoms with Crippen LogP contribution in [0.2, 0.25) is 0 Å². The van der Waals surface area contributed by atoms with E-state index in [1.54, 1.807) is 6.92 Å². The molecule has 0 atom stereocenters. The van der Waals surface area contributed by atoms with Crippen LogP contribution in [0.25, 0.3) is 0 Å². The highest BCUT2D eigenvalue weighted by Gasteiger charge is 1.64. The summed E-state index contributed by atoms with van der Waals surface area (Å²) in [7, 11) is 0. The molecule has 0 bridgehead atoms. The highest BCUT2D eigenvalue weighted by Crippen LogP contribution is 1.81. The molecule has 0 radical (unpaired) electrons. The maximum Gasteiger partial charge on any atom is 0.0914 e. The Bertz CT molecular complexity index is 98.1. The molecule has 0 amide bonds. The third-order valence-electron chi connectivity index (χ3n) is 0.247. The summed E-state index contributed by atoms with van der Waals surface area (Å²) in [5.74, 6) is 0. The molecule has 0 spiro atoms. The van der Waals surface area contributed by atoms with Crippen molar-refractivity contribution >= 4 is 6.01 Å². The molecule has 0 aromatic carbocycles. The first-order valence-corrected chi connectivity index (χ1v) is 1.55. The average Bonchev–Trinajstić information content (AvgIpc) is 1.35. The molecular formula is C4H6N2. The second-order valence-corrected chi connectivity index (χ2v) is 0.959. The van der Waals surface area contributed by atoms with Gasteiger partial charge in [0, 0.05) is 5.70 Å². The van der Waals surface area contributed by atoms with E-state index in [1.807, 2.05) is 6.01 Å². The Kier molecular flexibility index (Phi) is 2.02. The van der Waals surface area contributed by atoms with E-state index in [0.717, 1.165) is 0 Å². The van der Waals surface area contributed by atoms with Crippen molar-refractivity contribution in [2.24, 2.45) is 4.99 Å². The second-order valence-electron chi connectivity index (χ2n) is 0.959. The van der Waals surface area contributed by atoms with Gasteiger partial charge in [0.2, 0.25) is 0 Å². The van der Waals surface area contributed by atoms with Crippen LogP contribution in [-0.2, 0) is 0 Å². The Morgan fingerprint density at radius 1 is 2.00 bits per heavy atom. The van der Waals surface area contributed by atoms with Crippen molar-refractivity contribution in [2.45, 2.75) is 6.92 Å². The summed E-state index contributed by atoms with van der Waals surface area (Å²) in [5.41, 5.74) is 0.616. The molecule has 2 heteroatoms. The molecule has 0 aliphatic rings. The second kappa shape index (κ2) is 2.36. The molecule has 6 heavy (non-hydrogen) atoms. The molecule has 32 valence electrons. The molecule has 0 fully saturated rings. The van der Waals surface area contributed by atoms with Crippen molar-refractivity contribution in [1.82, 2.24) is 0 Å². The molecule has 0 saturated heterocycles. The minimum atomic E-state index is 0.616. The summed E-state index contributed by atoms with van der Waals surface area (Å²) >= 11 is 0. The first-order chi connectivity index (χ1) is 2.77. The van der Waals surface area contributed by atoms with Crippen LogP contribution in [0, 0.1) is 5.41 Å². The number of hydrogen-bond donors (Lipinski definition) is 1. The van der Waals surface area contributed by atoms with Crippen LogP contribution < -0.4 is 0 Å². The Morgan fingerprint density at radius 2 is 2.50 bits per heavy atom. The Morgan fingerprint density at radius 3 is 2.50 bits per heavy atom. The van der Waals surface area contributed by atoms with Gasteiger partial charge in [0.05, 0.1) is 6.01 Å². The SMILES string of the molecule is C=C(C)N=C=N. The fourth-order valence-corrected chi connectivity index (χ4v) is 0.0954. The highest BCUT2D eigenvalue weighted by molar-refractivity contribution is 5.38. The summed E-state index contributed by atoms with van der Waals surface area (Å²) in [5, 5.41) is 6.26. The van der Waals surface area contributed by atoms with Crippen LogP contribution in [0.5, 0.6) is 0 Å². The van der Waals surface area contributed by atoms with Crippen molar-refractivity contribution in [3.63, 3.8) is 0 Å². The molecule has 0 unspecified atom stereocenters. The van der Waals surface area contributed by atoms with Gasteiger partial charge < -0.3 is 0 Å². The van der Waals surface area contributed by atoms with E-state index in [0.29, 0.717) is 5.70 Å². The van der Waals surface area contributed by atoms with Crippen molar-refractivity contribution < 1.29 is 0 Å². The first-order valence-electron chi connectivity index (χ1n) is 1.55. The molecule has 0 saturated carbocycles. The van der Waals surface area contributed by atoms with E-state index >= 15 is 0 Å². The van der Waals surface area contributed by atoms with Crippen LogP contribution in [-0.4, -0.2) is 6.01 Å². The molecule has 0 heterocycles. The zero-order valence-electron chi connectivity index (χ0n) is 3.65. The van der Waals surface area contributed by atoms with Gasteiger partial charge in [0.25, 0.3) is 0 Å². The lowest BCUT2D eigenvalue weighted by atomic mass is 10.6. The number of nitrogens with one attached hydrogen (secondary N) is 1. The molecule has 0 rings (SSSR count). The van der Waals surface area contributed by atoms with Gasteiger partial charge in [0.1, 0.15) is 0 Å². The molecule has 0 aliphatic heterocycles. The highest BCUT2D eigenvalue weighted by atomic mass is 14.7. The lowest BCUT2D eigenvalue weighted by molar-refractivity contribution is 1.33. The van der Waals surface area contributed by atoms with Gasteiger partial charge in [-0.25, -0.2) is 5.41 Å². The van der Waals surface area contributed by atoms with Crippen molar-refractivity contribution in [1.29, 1.82) is 5.41 Å². The number of hydrogen-bond acceptors (Lipinski definition) is 2. The number of allylic oxidation sites excluding steroid dienone is 1. The topological polar surface area (TPSA) is 36.2 Å². The smallest absolute Gasteiger partial charge is 0.0914 e. The minimum absolute atomic E-state index is 0.616. The number of aliphatic imine (C=N–C) groups is 1. The molecular weight excluding hydrogens is 76.1 g/mol.